The second-order valence-electron chi connectivity index (χ2n) is 7.54. The number of carbonyl (C=O) groups excluding carboxylic acids is 2. The van der Waals surface area contributed by atoms with E-state index in [1.807, 2.05) is 49.4 Å². The van der Waals surface area contributed by atoms with Crippen molar-refractivity contribution in [2.45, 2.75) is 13.0 Å². The van der Waals surface area contributed by atoms with Gasteiger partial charge in [0.25, 0.3) is 5.91 Å². The van der Waals surface area contributed by atoms with E-state index in [9.17, 15) is 9.59 Å². The summed E-state index contributed by atoms with van der Waals surface area (Å²) in [5, 5.41) is 2.96. The van der Waals surface area contributed by atoms with Crippen LogP contribution in [0, 0.1) is 0 Å². The lowest BCUT2D eigenvalue weighted by Gasteiger charge is -2.28. The molecule has 6 heteroatoms. The Kier molecular flexibility index (Phi) is 6.38. The fraction of sp³-hybridized carbons (Fsp3) is 0.240. The van der Waals surface area contributed by atoms with Crippen LogP contribution in [0.15, 0.2) is 79.1 Å². The number of aromatic nitrogens is 1. The Hall–Kier alpha value is -3.51. The van der Waals surface area contributed by atoms with Crippen LogP contribution in [0.4, 0.5) is 11.4 Å². The molecule has 1 saturated heterocycles. The van der Waals surface area contributed by atoms with Gasteiger partial charge in [0.05, 0.1) is 13.2 Å². The summed E-state index contributed by atoms with van der Waals surface area (Å²) in [6, 6.07) is 20.1. The summed E-state index contributed by atoms with van der Waals surface area (Å²) in [4.78, 5) is 27.5. The van der Waals surface area contributed by atoms with E-state index >= 15 is 0 Å². The van der Waals surface area contributed by atoms with Gasteiger partial charge in [-0.1, -0.05) is 30.3 Å². The van der Waals surface area contributed by atoms with E-state index in [1.54, 1.807) is 41.2 Å². The van der Waals surface area contributed by atoms with Crippen LogP contribution in [0.5, 0.6) is 0 Å². The molecule has 1 amide bonds. The molecular weight excluding hydrogens is 390 g/mol. The molecule has 3 aromatic rings. The second kappa shape index (κ2) is 9.53. The van der Waals surface area contributed by atoms with Gasteiger partial charge >= 0.3 is 0 Å². The minimum Gasteiger partial charge on any atom is -0.378 e. The number of hydrogen-bond acceptors (Lipinski definition) is 4. The zero-order valence-electron chi connectivity index (χ0n) is 17.5. The molecule has 6 nitrogen and oxygen atoms in total. The first-order chi connectivity index (χ1) is 15.1. The van der Waals surface area contributed by atoms with Crippen LogP contribution in [-0.2, 0) is 9.53 Å². The van der Waals surface area contributed by atoms with Crippen LogP contribution in [0.2, 0.25) is 0 Å². The summed E-state index contributed by atoms with van der Waals surface area (Å²) in [6.45, 7) is 5.06. The number of nitrogens with one attached hydrogen (secondary N) is 1. The summed E-state index contributed by atoms with van der Waals surface area (Å²) in [6.07, 6.45) is 3.53. The molecule has 1 atom stereocenters. The molecule has 1 aliphatic heterocycles. The number of amides is 1. The summed E-state index contributed by atoms with van der Waals surface area (Å²) < 4.78 is 7.18. The van der Waals surface area contributed by atoms with E-state index in [0.717, 1.165) is 37.7 Å². The predicted octanol–water partition coefficient (Wildman–Crippen LogP) is 3.24. The number of carbonyl (C=O) groups is 2. The Morgan fingerprint density at radius 3 is 2.16 bits per heavy atom. The van der Waals surface area contributed by atoms with Crippen LogP contribution in [0.1, 0.15) is 28.9 Å². The van der Waals surface area contributed by atoms with Crippen LogP contribution >= 0.6 is 0 Å². The zero-order chi connectivity index (χ0) is 21.6. The Morgan fingerprint density at radius 2 is 1.52 bits per heavy atom. The number of benzene rings is 2. The van der Waals surface area contributed by atoms with E-state index < -0.39 is 6.04 Å². The summed E-state index contributed by atoms with van der Waals surface area (Å²) >= 11 is 0. The van der Waals surface area contributed by atoms with Gasteiger partial charge in [0.2, 0.25) is 6.04 Å². The maximum absolute atomic E-state index is 12.7. The number of nitrogens with zero attached hydrogens (tertiary/aromatic N) is 2. The fourth-order valence-corrected chi connectivity index (χ4v) is 3.56. The smallest absolute Gasteiger partial charge is 0.293 e. The van der Waals surface area contributed by atoms with Crippen molar-refractivity contribution in [1.29, 1.82) is 0 Å². The van der Waals surface area contributed by atoms with Crippen molar-refractivity contribution in [1.82, 2.24) is 0 Å². The molecule has 1 N–H and O–H groups in total. The van der Waals surface area contributed by atoms with E-state index in [2.05, 4.69) is 10.2 Å². The molecule has 2 aromatic carbocycles. The number of rotatable bonds is 6. The van der Waals surface area contributed by atoms with Gasteiger partial charge in [-0.25, -0.2) is 0 Å². The van der Waals surface area contributed by atoms with E-state index in [-0.39, 0.29) is 11.7 Å². The molecule has 158 valence electrons. The first-order valence-corrected chi connectivity index (χ1v) is 10.5. The van der Waals surface area contributed by atoms with Crippen molar-refractivity contribution in [3.63, 3.8) is 0 Å². The highest BCUT2D eigenvalue weighted by molar-refractivity contribution is 6.08. The Balaban J connectivity index is 1.38. The Bertz CT molecular complexity index is 1030. The molecule has 0 unspecified atom stereocenters. The quantitative estimate of drug-likeness (QED) is 0.495. The van der Waals surface area contributed by atoms with Gasteiger partial charge in [0.1, 0.15) is 0 Å². The minimum atomic E-state index is -0.417. The lowest BCUT2D eigenvalue weighted by molar-refractivity contribution is -0.705. The molecule has 0 saturated carbocycles. The lowest BCUT2D eigenvalue weighted by atomic mass is 10.0. The molecule has 2 heterocycles. The van der Waals surface area contributed by atoms with Crippen molar-refractivity contribution < 1.29 is 18.9 Å². The summed E-state index contributed by atoms with van der Waals surface area (Å²) in [7, 11) is 0. The van der Waals surface area contributed by atoms with Crippen LogP contribution in [0.25, 0.3) is 0 Å². The fourth-order valence-electron chi connectivity index (χ4n) is 3.56. The van der Waals surface area contributed by atoms with Crippen LogP contribution < -0.4 is 14.8 Å². The molecular formula is C25H26N3O3+. The highest BCUT2D eigenvalue weighted by Crippen LogP contribution is 2.19. The Morgan fingerprint density at radius 1 is 0.903 bits per heavy atom. The summed E-state index contributed by atoms with van der Waals surface area (Å²) in [5.41, 5.74) is 3.12. The number of ketones is 1. The lowest BCUT2D eigenvalue weighted by Crippen LogP contribution is -2.44. The van der Waals surface area contributed by atoms with Crippen molar-refractivity contribution >= 4 is 23.1 Å². The number of morpholine rings is 1. The first-order valence-electron chi connectivity index (χ1n) is 10.5. The monoisotopic (exact) mass is 416 g/mol. The van der Waals surface area contributed by atoms with E-state index in [1.165, 1.54) is 0 Å². The second-order valence-corrected chi connectivity index (χ2v) is 7.54. The molecule has 31 heavy (non-hydrogen) atoms. The van der Waals surface area contributed by atoms with E-state index in [0.29, 0.717) is 11.1 Å². The van der Waals surface area contributed by atoms with E-state index in [4.69, 9.17) is 4.74 Å². The topological polar surface area (TPSA) is 62.5 Å². The maximum Gasteiger partial charge on any atom is 0.293 e. The molecule has 1 aliphatic rings. The predicted molar refractivity (Wildman–Crippen MR) is 119 cm³/mol. The first kappa shape index (κ1) is 20.8. The highest BCUT2D eigenvalue weighted by atomic mass is 16.5. The number of pyridine rings is 1. The van der Waals surface area contributed by atoms with Crippen molar-refractivity contribution in [2.75, 3.05) is 36.5 Å². The van der Waals surface area contributed by atoms with Crippen LogP contribution in [-0.4, -0.2) is 38.0 Å². The third-order valence-corrected chi connectivity index (χ3v) is 5.49. The standard InChI is InChI=1S/C25H25N3O3/c1-19(27-13-11-21(12-14-27)24(29)20-5-3-2-4-6-20)25(30)26-22-7-9-23(10-8-22)28-15-17-31-18-16-28/h2-14,19H,15-18H2,1H3/p+1/t19-/m1/s1. The molecule has 4 rings (SSSR count). The molecule has 0 spiro atoms. The van der Waals surface area contributed by atoms with Crippen molar-refractivity contribution in [3.05, 3.63) is 90.3 Å². The molecule has 1 aromatic heterocycles. The van der Waals surface area contributed by atoms with Gasteiger partial charge < -0.3 is 15.0 Å². The minimum absolute atomic E-state index is 0.0368. The average Bonchev–Trinajstić information content (AvgIpc) is 2.85. The normalized spacial score (nSPS) is 14.7. The van der Waals surface area contributed by atoms with Crippen molar-refractivity contribution in [2.24, 2.45) is 0 Å². The summed E-state index contributed by atoms with van der Waals surface area (Å²) in [5.74, 6) is -0.156. The largest absolute Gasteiger partial charge is 0.378 e. The zero-order valence-corrected chi connectivity index (χ0v) is 17.5. The molecule has 0 bridgehead atoms. The highest BCUT2D eigenvalue weighted by Gasteiger charge is 2.23. The maximum atomic E-state index is 12.7. The SMILES string of the molecule is C[C@H](C(=O)Nc1ccc(N2CCOCC2)cc1)[n+]1ccc(C(=O)c2ccccc2)cc1. The number of ether oxygens (including phenoxy) is 1. The van der Waals surface area contributed by atoms with Gasteiger partial charge in [-0.05, 0) is 24.3 Å². The van der Waals surface area contributed by atoms with Crippen LogP contribution in [0.3, 0.4) is 0 Å². The van der Waals surface area contributed by atoms with Gasteiger partial charge in [0, 0.05) is 54.6 Å². The molecule has 0 radical (unpaired) electrons. The van der Waals surface area contributed by atoms with Gasteiger partial charge in [-0.3, -0.25) is 9.59 Å². The number of anilines is 2. The Labute approximate surface area is 182 Å². The van der Waals surface area contributed by atoms with Gasteiger partial charge in [-0.2, -0.15) is 4.57 Å². The number of hydrogen-bond donors (Lipinski definition) is 1. The third kappa shape index (κ3) is 4.98. The van der Waals surface area contributed by atoms with Gasteiger partial charge in [-0.15, -0.1) is 0 Å². The third-order valence-electron chi connectivity index (χ3n) is 5.49. The average molecular weight is 417 g/mol. The van der Waals surface area contributed by atoms with Crippen molar-refractivity contribution in [3.8, 4) is 0 Å². The van der Waals surface area contributed by atoms with Gasteiger partial charge in [0.15, 0.2) is 18.2 Å². The molecule has 0 aliphatic carbocycles. The molecule has 1 fully saturated rings.